The van der Waals surface area contributed by atoms with E-state index >= 15 is 0 Å². The Bertz CT molecular complexity index is 1510. The van der Waals surface area contributed by atoms with Crippen LogP contribution in [0.25, 0.3) is 11.3 Å². The second kappa shape index (κ2) is 9.91. The first-order valence-corrected chi connectivity index (χ1v) is 12.2. The zero-order valence-corrected chi connectivity index (χ0v) is 19.8. The molecular weight excluding hydrogens is 467 g/mol. The minimum atomic E-state index is -4.08. The Morgan fingerprint density at radius 3 is 2.34 bits per heavy atom. The highest BCUT2D eigenvalue weighted by atomic mass is 32.2. The van der Waals surface area contributed by atoms with Crippen LogP contribution in [-0.2, 0) is 10.0 Å². The SMILES string of the molecule is CC(C)c1ccccc1-c1cc(Oc2ccccc2F)nc(NS(=O)(=O)c2ccc(C#N)cc2)n1. The number of anilines is 1. The van der Waals surface area contributed by atoms with Gasteiger partial charge in [-0.3, -0.25) is 0 Å². The largest absolute Gasteiger partial charge is 0.436 e. The number of benzene rings is 3. The lowest BCUT2D eigenvalue weighted by Gasteiger charge is -2.15. The molecule has 176 valence electrons. The lowest BCUT2D eigenvalue weighted by atomic mass is 9.95. The van der Waals surface area contributed by atoms with Gasteiger partial charge >= 0.3 is 0 Å². The van der Waals surface area contributed by atoms with Gasteiger partial charge in [-0.25, -0.2) is 22.5 Å². The van der Waals surface area contributed by atoms with Crippen LogP contribution >= 0.6 is 0 Å². The maximum absolute atomic E-state index is 14.2. The topological polar surface area (TPSA) is 105 Å². The van der Waals surface area contributed by atoms with E-state index in [2.05, 4.69) is 14.7 Å². The zero-order chi connectivity index (χ0) is 25.0. The Labute approximate surface area is 202 Å². The van der Waals surface area contributed by atoms with E-state index in [1.807, 2.05) is 44.2 Å². The van der Waals surface area contributed by atoms with Gasteiger partial charge in [0.15, 0.2) is 11.6 Å². The summed E-state index contributed by atoms with van der Waals surface area (Å²) in [6.45, 7) is 4.07. The number of aromatic nitrogens is 2. The lowest BCUT2D eigenvalue weighted by Crippen LogP contribution is -2.15. The highest BCUT2D eigenvalue weighted by Gasteiger charge is 2.19. The van der Waals surface area contributed by atoms with Crippen molar-refractivity contribution >= 4 is 16.0 Å². The summed E-state index contributed by atoms with van der Waals surface area (Å²) in [4.78, 5) is 8.53. The fraction of sp³-hybridized carbons (Fsp3) is 0.115. The Kier molecular flexibility index (Phi) is 6.75. The Morgan fingerprint density at radius 1 is 0.971 bits per heavy atom. The summed E-state index contributed by atoms with van der Waals surface area (Å²) in [5.41, 5.74) is 2.49. The number of nitrogens with zero attached hydrogens (tertiary/aromatic N) is 3. The van der Waals surface area contributed by atoms with E-state index in [0.29, 0.717) is 11.3 Å². The number of nitrogens with one attached hydrogen (secondary N) is 1. The van der Waals surface area contributed by atoms with Crippen LogP contribution in [-0.4, -0.2) is 18.4 Å². The van der Waals surface area contributed by atoms with Crippen molar-refractivity contribution in [1.82, 2.24) is 9.97 Å². The molecule has 0 fully saturated rings. The van der Waals surface area contributed by atoms with Crippen LogP contribution in [0.15, 0.2) is 83.8 Å². The van der Waals surface area contributed by atoms with Crippen LogP contribution in [0.2, 0.25) is 0 Å². The van der Waals surface area contributed by atoms with Gasteiger partial charge in [-0.1, -0.05) is 50.2 Å². The average molecular weight is 489 g/mol. The number of hydrogen-bond acceptors (Lipinski definition) is 6. The molecule has 7 nitrogen and oxygen atoms in total. The molecule has 35 heavy (non-hydrogen) atoms. The number of halogens is 1. The van der Waals surface area contributed by atoms with Crippen molar-refractivity contribution in [2.75, 3.05) is 4.72 Å². The molecule has 3 aromatic carbocycles. The van der Waals surface area contributed by atoms with Crippen molar-refractivity contribution in [1.29, 1.82) is 5.26 Å². The molecule has 0 radical (unpaired) electrons. The fourth-order valence-electron chi connectivity index (χ4n) is 3.42. The third-order valence-corrected chi connectivity index (χ3v) is 6.48. The van der Waals surface area contributed by atoms with Crippen molar-refractivity contribution < 1.29 is 17.5 Å². The van der Waals surface area contributed by atoms with Crippen molar-refractivity contribution in [3.63, 3.8) is 0 Å². The maximum atomic E-state index is 14.2. The first-order chi connectivity index (χ1) is 16.8. The highest BCUT2D eigenvalue weighted by Crippen LogP contribution is 2.32. The van der Waals surface area contributed by atoms with Gasteiger partial charge in [0.25, 0.3) is 10.0 Å². The Hall–Kier alpha value is -4.29. The number of hydrogen-bond donors (Lipinski definition) is 1. The lowest BCUT2D eigenvalue weighted by molar-refractivity contribution is 0.427. The summed E-state index contributed by atoms with van der Waals surface area (Å²) in [7, 11) is -4.08. The van der Waals surface area contributed by atoms with Crippen molar-refractivity contribution in [2.24, 2.45) is 0 Å². The molecule has 1 aromatic heterocycles. The van der Waals surface area contributed by atoms with Gasteiger partial charge in [0, 0.05) is 11.6 Å². The summed E-state index contributed by atoms with van der Waals surface area (Å²) in [5, 5.41) is 8.96. The van der Waals surface area contributed by atoms with Gasteiger partial charge in [-0.15, -0.1) is 0 Å². The van der Waals surface area contributed by atoms with E-state index < -0.39 is 15.8 Å². The summed E-state index contributed by atoms with van der Waals surface area (Å²) >= 11 is 0. The van der Waals surface area contributed by atoms with E-state index in [9.17, 15) is 12.8 Å². The molecule has 9 heteroatoms. The maximum Gasteiger partial charge on any atom is 0.264 e. The molecule has 0 saturated carbocycles. The molecule has 0 amide bonds. The zero-order valence-electron chi connectivity index (χ0n) is 18.9. The normalized spacial score (nSPS) is 11.2. The van der Waals surface area contributed by atoms with E-state index in [-0.39, 0.29) is 28.4 Å². The van der Waals surface area contributed by atoms with Crippen molar-refractivity contribution in [3.8, 4) is 29.0 Å². The van der Waals surface area contributed by atoms with Gasteiger partial charge in [0.05, 0.1) is 22.2 Å². The number of ether oxygens (including phenoxy) is 1. The van der Waals surface area contributed by atoms with Crippen LogP contribution in [0.4, 0.5) is 10.3 Å². The van der Waals surface area contributed by atoms with E-state index in [0.717, 1.165) is 11.1 Å². The number of nitriles is 1. The monoisotopic (exact) mass is 488 g/mol. The molecule has 0 saturated heterocycles. The Morgan fingerprint density at radius 2 is 1.66 bits per heavy atom. The second-order valence-electron chi connectivity index (χ2n) is 7.93. The molecule has 1 N–H and O–H groups in total. The second-order valence-corrected chi connectivity index (χ2v) is 9.61. The standard InChI is InChI=1S/C26H21FN4O3S/c1-17(2)20-7-3-4-8-21(20)23-15-25(34-24-10-6-5-9-22(24)27)30-26(29-23)31-35(32,33)19-13-11-18(16-28)12-14-19/h3-15,17H,1-2H3,(H,29,30,31). The number of rotatable bonds is 7. The van der Waals surface area contributed by atoms with E-state index in [1.54, 1.807) is 6.07 Å². The molecule has 0 aliphatic carbocycles. The van der Waals surface area contributed by atoms with Crippen LogP contribution in [0.1, 0.15) is 30.9 Å². The molecule has 0 aliphatic heterocycles. The minimum Gasteiger partial charge on any atom is -0.436 e. The molecule has 4 rings (SSSR count). The van der Waals surface area contributed by atoms with Gasteiger partial charge in [0.2, 0.25) is 11.8 Å². The smallest absolute Gasteiger partial charge is 0.264 e. The molecular formula is C26H21FN4O3S. The van der Waals surface area contributed by atoms with E-state index in [4.69, 9.17) is 10.00 Å². The van der Waals surface area contributed by atoms with Crippen LogP contribution in [0, 0.1) is 17.1 Å². The Balaban J connectivity index is 1.79. The van der Waals surface area contributed by atoms with Gasteiger partial charge in [-0.2, -0.15) is 10.2 Å². The van der Waals surface area contributed by atoms with E-state index in [1.165, 1.54) is 48.5 Å². The van der Waals surface area contributed by atoms with Crippen molar-refractivity contribution in [2.45, 2.75) is 24.7 Å². The number of sulfonamides is 1. The molecule has 1 heterocycles. The fourth-order valence-corrected chi connectivity index (χ4v) is 4.37. The summed E-state index contributed by atoms with van der Waals surface area (Å²) in [6.07, 6.45) is 0. The molecule has 0 atom stereocenters. The molecule has 0 bridgehead atoms. The third-order valence-electron chi connectivity index (χ3n) is 5.13. The van der Waals surface area contributed by atoms with Gasteiger partial charge in [-0.05, 0) is 47.9 Å². The van der Waals surface area contributed by atoms with Crippen molar-refractivity contribution in [3.05, 3.63) is 95.8 Å². The minimum absolute atomic E-state index is 0.0313. The summed E-state index contributed by atoms with van der Waals surface area (Å²) in [5.74, 6) is -0.756. The predicted molar refractivity (Wildman–Crippen MR) is 130 cm³/mol. The van der Waals surface area contributed by atoms with Gasteiger partial charge in [0.1, 0.15) is 0 Å². The molecule has 4 aromatic rings. The van der Waals surface area contributed by atoms with Crippen LogP contribution in [0.5, 0.6) is 11.6 Å². The highest BCUT2D eigenvalue weighted by molar-refractivity contribution is 7.92. The average Bonchev–Trinajstić information content (AvgIpc) is 2.85. The first kappa shape index (κ1) is 23.9. The third kappa shape index (κ3) is 5.45. The first-order valence-electron chi connectivity index (χ1n) is 10.7. The number of para-hydroxylation sites is 1. The molecule has 0 aliphatic rings. The van der Waals surface area contributed by atoms with Crippen LogP contribution in [0.3, 0.4) is 0 Å². The molecule has 0 spiro atoms. The molecule has 0 unspecified atom stereocenters. The van der Waals surface area contributed by atoms with Crippen LogP contribution < -0.4 is 9.46 Å². The van der Waals surface area contributed by atoms with Gasteiger partial charge < -0.3 is 4.74 Å². The quantitative estimate of drug-likeness (QED) is 0.349. The summed E-state index contributed by atoms with van der Waals surface area (Å²) in [6, 6.07) is 22.3. The summed E-state index contributed by atoms with van der Waals surface area (Å²) < 4.78 is 48.2. The predicted octanol–water partition coefficient (Wildman–Crippen LogP) is 5.87.